The highest BCUT2D eigenvalue weighted by molar-refractivity contribution is 9.10. The van der Waals surface area contributed by atoms with E-state index in [1.54, 1.807) is 0 Å². The van der Waals surface area contributed by atoms with Crippen LogP contribution in [0, 0.1) is 5.82 Å². The predicted molar refractivity (Wildman–Crippen MR) is 56.3 cm³/mol. The van der Waals surface area contributed by atoms with Gasteiger partial charge in [-0.05, 0) is 23.6 Å². The van der Waals surface area contributed by atoms with Crippen LogP contribution in [-0.4, -0.2) is 5.33 Å². The summed E-state index contributed by atoms with van der Waals surface area (Å²) in [5.74, 6) is 0.0782. The van der Waals surface area contributed by atoms with E-state index in [-0.39, 0.29) is 11.7 Å². The molecule has 0 fully saturated rings. The zero-order chi connectivity index (χ0) is 9.14. The third-order valence-corrected chi connectivity index (χ3v) is 3.19. The number of hydrogen-bond donors (Lipinski definition) is 0. The lowest BCUT2D eigenvalue weighted by molar-refractivity contribution is 0.599. The van der Waals surface area contributed by atoms with E-state index in [0.29, 0.717) is 0 Å². The van der Waals surface area contributed by atoms with E-state index < -0.39 is 0 Å². The Morgan fingerprint density at radius 3 is 2.67 bits per heavy atom. The highest BCUT2D eigenvalue weighted by Crippen LogP contribution is 2.23. The van der Waals surface area contributed by atoms with Crippen LogP contribution in [0.15, 0.2) is 22.7 Å². The molecule has 1 aromatic carbocycles. The summed E-state index contributed by atoms with van der Waals surface area (Å²) in [4.78, 5) is 0. The minimum Gasteiger partial charge on any atom is -0.207 e. The molecule has 1 aromatic rings. The highest BCUT2D eigenvalue weighted by atomic mass is 79.9. The van der Waals surface area contributed by atoms with Gasteiger partial charge in [-0.2, -0.15) is 0 Å². The third-order valence-electron chi connectivity index (χ3n) is 1.72. The number of rotatable bonds is 2. The minimum absolute atomic E-state index is 0.142. The molecular weight excluding hydrogens is 287 g/mol. The summed E-state index contributed by atoms with van der Waals surface area (Å²) in [6.45, 7) is 1.99. The van der Waals surface area contributed by atoms with Gasteiger partial charge in [0.05, 0.1) is 0 Å². The summed E-state index contributed by atoms with van der Waals surface area (Å²) in [6.07, 6.45) is 0. The van der Waals surface area contributed by atoms with Crippen molar-refractivity contribution >= 4 is 31.9 Å². The van der Waals surface area contributed by atoms with Crippen molar-refractivity contribution in [2.24, 2.45) is 0 Å². The van der Waals surface area contributed by atoms with Gasteiger partial charge in [-0.25, -0.2) is 4.39 Å². The molecule has 66 valence electrons. The topological polar surface area (TPSA) is 0 Å². The van der Waals surface area contributed by atoms with Gasteiger partial charge in [-0.3, -0.25) is 0 Å². The van der Waals surface area contributed by atoms with Crippen molar-refractivity contribution in [3.8, 4) is 0 Å². The van der Waals surface area contributed by atoms with Gasteiger partial charge in [0.2, 0.25) is 0 Å². The molecule has 0 saturated heterocycles. The standard InChI is InChI=1S/C9H9Br2F/c1-6(5-10)8-3-2-7(11)4-9(8)12/h2-4,6H,5H2,1H3. The maximum atomic E-state index is 13.2. The van der Waals surface area contributed by atoms with Gasteiger partial charge in [-0.1, -0.05) is 44.8 Å². The van der Waals surface area contributed by atoms with Crippen LogP contribution in [0.2, 0.25) is 0 Å². The maximum absolute atomic E-state index is 13.2. The van der Waals surface area contributed by atoms with Gasteiger partial charge in [-0.15, -0.1) is 0 Å². The van der Waals surface area contributed by atoms with Crippen LogP contribution in [0.25, 0.3) is 0 Å². The molecule has 0 aliphatic carbocycles. The highest BCUT2D eigenvalue weighted by Gasteiger charge is 2.09. The van der Waals surface area contributed by atoms with Crippen LogP contribution in [0.4, 0.5) is 4.39 Å². The predicted octanol–water partition coefficient (Wildman–Crippen LogP) is 4.09. The van der Waals surface area contributed by atoms with E-state index in [0.717, 1.165) is 15.4 Å². The van der Waals surface area contributed by atoms with Crippen LogP contribution >= 0.6 is 31.9 Å². The minimum atomic E-state index is -0.142. The molecule has 0 nitrogen and oxygen atoms in total. The van der Waals surface area contributed by atoms with Gasteiger partial charge in [0.1, 0.15) is 5.82 Å². The molecule has 0 aromatic heterocycles. The average Bonchev–Trinajstić information content (AvgIpc) is 2.03. The van der Waals surface area contributed by atoms with Crippen molar-refractivity contribution in [1.82, 2.24) is 0 Å². The zero-order valence-electron chi connectivity index (χ0n) is 6.65. The first-order valence-electron chi connectivity index (χ1n) is 3.66. The average molecular weight is 296 g/mol. The number of halogens is 3. The van der Waals surface area contributed by atoms with Crippen molar-refractivity contribution in [2.75, 3.05) is 5.33 Å². The number of alkyl halides is 1. The Kier molecular flexibility index (Phi) is 3.72. The molecule has 0 N–H and O–H groups in total. The molecule has 3 heteroatoms. The first-order valence-corrected chi connectivity index (χ1v) is 5.57. The Morgan fingerprint density at radius 1 is 1.50 bits per heavy atom. The molecule has 0 heterocycles. The Balaban J connectivity index is 3.01. The first kappa shape index (κ1) is 10.2. The van der Waals surface area contributed by atoms with Crippen molar-refractivity contribution in [2.45, 2.75) is 12.8 Å². The molecule has 1 unspecified atom stereocenters. The number of hydrogen-bond acceptors (Lipinski definition) is 0. The lowest BCUT2D eigenvalue weighted by Gasteiger charge is -2.08. The molecule has 0 aliphatic rings. The molecule has 0 saturated carbocycles. The second kappa shape index (κ2) is 4.38. The molecule has 0 radical (unpaired) electrons. The van der Waals surface area contributed by atoms with Gasteiger partial charge in [0.25, 0.3) is 0 Å². The Hall–Kier alpha value is 0.110. The van der Waals surface area contributed by atoms with Crippen molar-refractivity contribution in [3.05, 3.63) is 34.1 Å². The Morgan fingerprint density at radius 2 is 2.17 bits per heavy atom. The van der Waals surface area contributed by atoms with Crippen LogP contribution in [-0.2, 0) is 0 Å². The van der Waals surface area contributed by atoms with Gasteiger partial charge < -0.3 is 0 Å². The van der Waals surface area contributed by atoms with E-state index in [9.17, 15) is 4.39 Å². The Bertz CT molecular complexity index is 273. The summed E-state index contributed by atoms with van der Waals surface area (Å²) < 4.78 is 14.0. The normalized spacial score (nSPS) is 13.0. The monoisotopic (exact) mass is 294 g/mol. The second-order valence-electron chi connectivity index (χ2n) is 2.72. The number of benzene rings is 1. The van der Waals surface area contributed by atoms with Gasteiger partial charge >= 0.3 is 0 Å². The molecule has 0 spiro atoms. The lowest BCUT2D eigenvalue weighted by atomic mass is 10.0. The van der Waals surface area contributed by atoms with E-state index in [1.807, 2.05) is 19.1 Å². The van der Waals surface area contributed by atoms with Gasteiger partial charge in [0, 0.05) is 9.80 Å². The van der Waals surface area contributed by atoms with Crippen LogP contribution in [0.5, 0.6) is 0 Å². The molecule has 1 atom stereocenters. The third kappa shape index (κ3) is 2.30. The van der Waals surface area contributed by atoms with Crippen LogP contribution < -0.4 is 0 Å². The quantitative estimate of drug-likeness (QED) is 0.721. The largest absolute Gasteiger partial charge is 0.207 e. The fourth-order valence-electron chi connectivity index (χ4n) is 0.984. The summed E-state index contributed by atoms with van der Waals surface area (Å²) in [5.41, 5.74) is 0.759. The summed E-state index contributed by atoms with van der Waals surface area (Å²) >= 11 is 6.54. The summed E-state index contributed by atoms with van der Waals surface area (Å²) in [5, 5.41) is 0.783. The Labute approximate surface area is 88.4 Å². The van der Waals surface area contributed by atoms with Crippen LogP contribution in [0.1, 0.15) is 18.4 Å². The molecule has 12 heavy (non-hydrogen) atoms. The summed E-state index contributed by atoms with van der Waals surface area (Å²) in [7, 11) is 0. The van der Waals surface area contributed by atoms with Crippen LogP contribution in [0.3, 0.4) is 0 Å². The maximum Gasteiger partial charge on any atom is 0.127 e. The molecule has 0 amide bonds. The smallest absolute Gasteiger partial charge is 0.127 e. The van der Waals surface area contributed by atoms with Crippen molar-refractivity contribution < 1.29 is 4.39 Å². The lowest BCUT2D eigenvalue weighted by Crippen LogP contribution is -1.97. The zero-order valence-corrected chi connectivity index (χ0v) is 9.82. The second-order valence-corrected chi connectivity index (χ2v) is 4.28. The SMILES string of the molecule is CC(CBr)c1ccc(Br)cc1F. The summed E-state index contributed by atoms with van der Waals surface area (Å²) in [6, 6.07) is 5.16. The van der Waals surface area contributed by atoms with E-state index >= 15 is 0 Å². The van der Waals surface area contributed by atoms with E-state index in [4.69, 9.17) is 0 Å². The van der Waals surface area contributed by atoms with E-state index in [2.05, 4.69) is 31.9 Å². The van der Waals surface area contributed by atoms with Crippen molar-refractivity contribution in [1.29, 1.82) is 0 Å². The molecule has 0 aliphatic heterocycles. The van der Waals surface area contributed by atoms with E-state index in [1.165, 1.54) is 6.07 Å². The first-order chi connectivity index (χ1) is 5.65. The molecule has 1 rings (SSSR count). The van der Waals surface area contributed by atoms with Gasteiger partial charge in [0.15, 0.2) is 0 Å². The van der Waals surface area contributed by atoms with Crippen molar-refractivity contribution in [3.63, 3.8) is 0 Å². The molecular formula is C9H9Br2F. The fourth-order valence-corrected chi connectivity index (χ4v) is 1.67. The molecule has 0 bridgehead atoms. The fraction of sp³-hybridized carbons (Fsp3) is 0.333.